The fourth-order valence-electron chi connectivity index (χ4n) is 3.69. The van der Waals surface area contributed by atoms with E-state index in [1.807, 2.05) is 0 Å². The Labute approximate surface area is 207 Å². The number of thiazole rings is 1. The predicted molar refractivity (Wildman–Crippen MR) is 131 cm³/mol. The van der Waals surface area contributed by atoms with Crippen molar-refractivity contribution in [2.75, 3.05) is 23.1 Å². The lowest BCUT2D eigenvalue weighted by Gasteiger charge is -2.30. The number of hydrogen-bond donors (Lipinski definition) is 2. The molecule has 2 heterocycles. The van der Waals surface area contributed by atoms with Crippen LogP contribution in [0.2, 0.25) is 0 Å². The Hall–Kier alpha value is -2.87. The van der Waals surface area contributed by atoms with Gasteiger partial charge in [0.15, 0.2) is 5.13 Å². The highest BCUT2D eigenvalue weighted by atomic mass is 32.2. The van der Waals surface area contributed by atoms with Gasteiger partial charge in [-0.15, -0.1) is 11.3 Å². The molecule has 9 nitrogen and oxygen atoms in total. The zero-order chi connectivity index (χ0) is 25.1. The van der Waals surface area contributed by atoms with Crippen LogP contribution in [0.5, 0.6) is 0 Å². The number of carbonyl (C=O) groups is 1. The Morgan fingerprint density at radius 2 is 1.69 bits per heavy atom. The summed E-state index contributed by atoms with van der Waals surface area (Å²) in [7, 11) is -7.37. The minimum atomic E-state index is -3.79. The Morgan fingerprint density at radius 1 is 1.03 bits per heavy atom. The van der Waals surface area contributed by atoms with Crippen LogP contribution in [0.25, 0.3) is 0 Å². The smallest absolute Gasteiger partial charge is 0.263 e. The number of sulfonamides is 2. The van der Waals surface area contributed by atoms with Gasteiger partial charge in [0.25, 0.3) is 10.0 Å². The molecule has 1 saturated heterocycles. The number of halogens is 1. The highest BCUT2D eigenvalue weighted by Crippen LogP contribution is 2.24. The van der Waals surface area contributed by atoms with E-state index in [4.69, 9.17) is 0 Å². The molecule has 0 unspecified atom stereocenters. The minimum Gasteiger partial charge on any atom is -0.326 e. The number of nitrogens with one attached hydrogen (secondary N) is 2. The molecule has 1 fully saturated rings. The molecule has 0 radical (unpaired) electrons. The van der Waals surface area contributed by atoms with Crippen LogP contribution in [0.15, 0.2) is 65.0 Å². The maximum atomic E-state index is 13.1. The van der Waals surface area contributed by atoms with Gasteiger partial charge < -0.3 is 5.32 Å². The van der Waals surface area contributed by atoms with Crippen LogP contribution < -0.4 is 10.0 Å². The Morgan fingerprint density at radius 3 is 2.29 bits per heavy atom. The van der Waals surface area contributed by atoms with Crippen LogP contribution in [0, 0.1) is 11.7 Å². The highest BCUT2D eigenvalue weighted by Gasteiger charge is 2.31. The third-order valence-electron chi connectivity index (χ3n) is 5.57. The number of anilines is 2. The number of rotatable bonds is 8. The van der Waals surface area contributed by atoms with E-state index in [0.717, 1.165) is 11.3 Å². The molecule has 35 heavy (non-hydrogen) atoms. The van der Waals surface area contributed by atoms with Crippen molar-refractivity contribution in [1.29, 1.82) is 0 Å². The van der Waals surface area contributed by atoms with Crippen LogP contribution in [0.1, 0.15) is 18.4 Å². The lowest BCUT2D eigenvalue weighted by atomic mass is 9.97. The topological polar surface area (TPSA) is 126 Å². The molecule has 1 aliphatic rings. The number of aromatic nitrogens is 1. The molecule has 3 aromatic rings. The van der Waals surface area contributed by atoms with E-state index >= 15 is 0 Å². The van der Waals surface area contributed by atoms with Crippen molar-refractivity contribution in [2.45, 2.75) is 23.5 Å². The summed E-state index contributed by atoms with van der Waals surface area (Å²) in [5.41, 5.74) is 0.938. The average molecular weight is 539 g/mol. The summed E-state index contributed by atoms with van der Waals surface area (Å²) >= 11 is 1.16. The first-order valence-corrected chi connectivity index (χ1v) is 14.7. The van der Waals surface area contributed by atoms with Crippen LogP contribution >= 0.6 is 11.3 Å². The van der Waals surface area contributed by atoms with Crippen molar-refractivity contribution in [3.8, 4) is 0 Å². The van der Waals surface area contributed by atoms with Gasteiger partial charge in [0.05, 0.1) is 10.6 Å². The van der Waals surface area contributed by atoms with E-state index in [0.29, 0.717) is 24.1 Å². The number of nitrogens with zero attached hydrogens (tertiary/aromatic N) is 2. The quantitative estimate of drug-likeness (QED) is 0.454. The molecule has 1 aromatic heterocycles. The lowest BCUT2D eigenvalue weighted by Crippen LogP contribution is -2.41. The van der Waals surface area contributed by atoms with Gasteiger partial charge in [-0.25, -0.2) is 30.5 Å². The van der Waals surface area contributed by atoms with Crippen molar-refractivity contribution in [3.05, 3.63) is 71.5 Å². The van der Waals surface area contributed by atoms with E-state index in [-0.39, 0.29) is 40.7 Å². The molecule has 186 valence electrons. The van der Waals surface area contributed by atoms with Crippen LogP contribution in [-0.2, 0) is 30.6 Å². The zero-order valence-electron chi connectivity index (χ0n) is 18.4. The Balaban J connectivity index is 1.30. The van der Waals surface area contributed by atoms with E-state index < -0.39 is 25.9 Å². The van der Waals surface area contributed by atoms with Crippen molar-refractivity contribution < 1.29 is 26.0 Å². The second-order valence-corrected chi connectivity index (χ2v) is 12.6. The van der Waals surface area contributed by atoms with Gasteiger partial charge >= 0.3 is 0 Å². The van der Waals surface area contributed by atoms with Gasteiger partial charge in [0.2, 0.25) is 15.9 Å². The summed E-state index contributed by atoms with van der Waals surface area (Å²) in [5.74, 6) is -1.28. The summed E-state index contributed by atoms with van der Waals surface area (Å²) in [5, 5.41) is 4.68. The number of benzene rings is 2. The number of piperidine rings is 1. The van der Waals surface area contributed by atoms with Gasteiger partial charge in [-0.05, 0) is 54.8 Å². The largest absolute Gasteiger partial charge is 0.326 e. The molecule has 0 atom stereocenters. The fraction of sp³-hybridized carbons (Fsp3) is 0.273. The predicted octanol–water partition coefficient (Wildman–Crippen LogP) is 3.26. The second kappa shape index (κ2) is 10.4. The van der Waals surface area contributed by atoms with Crippen LogP contribution in [0.3, 0.4) is 0 Å². The molecule has 0 spiro atoms. The normalized spacial score (nSPS) is 15.6. The van der Waals surface area contributed by atoms with E-state index in [1.54, 1.807) is 5.38 Å². The zero-order valence-corrected chi connectivity index (χ0v) is 20.9. The third-order valence-corrected chi connectivity index (χ3v) is 9.59. The van der Waals surface area contributed by atoms with Crippen molar-refractivity contribution in [2.24, 2.45) is 5.92 Å². The van der Waals surface area contributed by atoms with Gasteiger partial charge in [-0.2, -0.15) is 0 Å². The second-order valence-electron chi connectivity index (χ2n) is 8.01. The summed E-state index contributed by atoms with van der Waals surface area (Å²) in [6, 6.07) is 11.1. The number of hydrogen-bond acceptors (Lipinski definition) is 7. The van der Waals surface area contributed by atoms with Crippen LogP contribution in [0.4, 0.5) is 15.2 Å². The average Bonchev–Trinajstić information content (AvgIpc) is 3.33. The van der Waals surface area contributed by atoms with Gasteiger partial charge in [-0.3, -0.25) is 9.52 Å². The Kier molecular flexibility index (Phi) is 7.50. The maximum Gasteiger partial charge on any atom is 0.263 e. The third kappa shape index (κ3) is 6.42. The molecule has 13 heteroatoms. The van der Waals surface area contributed by atoms with Gasteiger partial charge in [-0.1, -0.05) is 12.1 Å². The molecular weight excluding hydrogens is 515 g/mol. The molecule has 1 aliphatic heterocycles. The summed E-state index contributed by atoms with van der Waals surface area (Å²) in [6.07, 6.45) is 2.21. The van der Waals surface area contributed by atoms with Gasteiger partial charge in [0.1, 0.15) is 5.82 Å². The monoisotopic (exact) mass is 538 g/mol. The first-order valence-electron chi connectivity index (χ1n) is 10.7. The summed E-state index contributed by atoms with van der Waals surface area (Å²) in [6.45, 7) is 0.419. The molecule has 0 bridgehead atoms. The fourth-order valence-corrected chi connectivity index (χ4v) is 7.04. The van der Waals surface area contributed by atoms with Crippen LogP contribution in [-0.4, -0.2) is 45.1 Å². The molecule has 4 rings (SSSR count). The Bertz CT molecular complexity index is 1370. The van der Waals surface area contributed by atoms with Gasteiger partial charge in [0, 0.05) is 36.3 Å². The van der Waals surface area contributed by atoms with E-state index in [2.05, 4.69) is 15.0 Å². The molecular formula is C22H23FN4O5S3. The number of carbonyl (C=O) groups excluding carboxylic acids is 1. The minimum absolute atomic E-state index is 0.0327. The lowest BCUT2D eigenvalue weighted by molar-refractivity contribution is -0.120. The first kappa shape index (κ1) is 25.2. The molecule has 0 saturated carbocycles. The molecule has 1 amide bonds. The summed E-state index contributed by atoms with van der Waals surface area (Å²) in [4.78, 5) is 16.6. The standard InChI is InChI=1S/C22H23FN4O5S3/c23-18-3-1-16(2-4-18)15-34(29,30)27-12-9-17(10-13-27)21(28)25-19-5-7-20(8-6-19)35(31,32)26-22-24-11-14-33-22/h1-8,11,14,17H,9-10,12-13,15H2,(H,24,26)(H,25,28). The SMILES string of the molecule is O=C(Nc1ccc(S(=O)(=O)Nc2nccs2)cc1)C1CCN(S(=O)(=O)Cc2ccc(F)cc2)CC1. The molecule has 0 aliphatic carbocycles. The van der Waals surface area contributed by atoms with Crippen molar-refractivity contribution in [3.63, 3.8) is 0 Å². The maximum absolute atomic E-state index is 13.1. The number of amides is 1. The van der Waals surface area contributed by atoms with Crippen molar-refractivity contribution >= 4 is 48.1 Å². The van der Waals surface area contributed by atoms with E-state index in [1.165, 1.54) is 59.0 Å². The highest BCUT2D eigenvalue weighted by molar-refractivity contribution is 7.93. The van der Waals surface area contributed by atoms with Crippen molar-refractivity contribution in [1.82, 2.24) is 9.29 Å². The molecule has 2 aromatic carbocycles. The summed E-state index contributed by atoms with van der Waals surface area (Å²) < 4.78 is 67.0. The first-order chi connectivity index (χ1) is 16.6. The molecule has 2 N–H and O–H groups in total. The van der Waals surface area contributed by atoms with E-state index in [9.17, 15) is 26.0 Å².